The first-order valence-corrected chi connectivity index (χ1v) is 6.90. The first-order valence-electron chi connectivity index (χ1n) is 6.90. The molecule has 4 heteroatoms. The molecule has 19 heavy (non-hydrogen) atoms. The van der Waals surface area contributed by atoms with Crippen molar-refractivity contribution in [2.45, 2.75) is 26.3 Å². The molecule has 2 aliphatic heterocycles. The smallest absolute Gasteiger partial charge is 0.254 e. The van der Waals surface area contributed by atoms with E-state index < -0.39 is 0 Å². The summed E-state index contributed by atoms with van der Waals surface area (Å²) in [7, 11) is 0. The number of hydrogen-bond acceptors (Lipinski definition) is 2. The van der Waals surface area contributed by atoms with Crippen LogP contribution in [0.1, 0.15) is 46.0 Å². The molecular formula is C15H18N2O2. The number of benzene rings is 1. The number of carbonyl (C=O) groups excluding carboxylic acids is 2. The summed E-state index contributed by atoms with van der Waals surface area (Å²) in [5, 5.41) is 2.78. The molecule has 1 aromatic rings. The average molecular weight is 258 g/mol. The molecule has 3 rings (SSSR count). The number of nitrogens with zero attached hydrogens (tertiary/aromatic N) is 1. The predicted molar refractivity (Wildman–Crippen MR) is 71.9 cm³/mol. The Hall–Kier alpha value is -1.84. The average Bonchev–Trinajstić information content (AvgIpc) is 3.05. The van der Waals surface area contributed by atoms with Gasteiger partial charge in [0.1, 0.15) is 0 Å². The van der Waals surface area contributed by atoms with Crippen molar-refractivity contribution in [3.05, 3.63) is 34.9 Å². The molecule has 1 saturated heterocycles. The van der Waals surface area contributed by atoms with E-state index in [1.54, 1.807) is 6.07 Å². The zero-order valence-electron chi connectivity index (χ0n) is 11.1. The molecule has 2 heterocycles. The van der Waals surface area contributed by atoms with Gasteiger partial charge in [-0.1, -0.05) is 25.5 Å². The topological polar surface area (TPSA) is 49.4 Å². The molecule has 1 atom stereocenters. The van der Waals surface area contributed by atoms with Gasteiger partial charge in [-0.05, 0) is 24.0 Å². The van der Waals surface area contributed by atoms with Gasteiger partial charge in [0, 0.05) is 19.6 Å². The third-order valence-electron chi connectivity index (χ3n) is 4.20. The Balaban J connectivity index is 1.89. The summed E-state index contributed by atoms with van der Waals surface area (Å²) in [6.07, 6.45) is 2.18. The van der Waals surface area contributed by atoms with E-state index in [-0.39, 0.29) is 11.8 Å². The minimum absolute atomic E-state index is 0.00449. The zero-order valence-corrected chi connectivity index (χ0v) is 11.1. The fourth-order valence-corrected chi connectivity index (χ4v) is 2.98. The Morgan fingerprint density at radius 3 is 3.05 bits per heavy atom. The second-order valence-corrected chi connectivity index (χ2v) is 5.34. The predicted octanol–water partition coefficient (Wildman–Crippen LogP) is 1.80. The summed E-state index contributed by atoms with van der Waals surface area (Å²) < 4.78 is 0. The lowest BCUT2D eigenvalue weighted by Crippen LogP contribution is -2.30. The van der Waals surface area contributed by atoms with Gasteiger partial charge in [-0.15, -0.1) is 0 Å². The van der Waals surface area contributed by atoms with Crippen LogP contribution in [-0.4, -0.2) is 29.8 Å². The van der Waals surface area contributed by atoms with Crippen LogP contribution in [0.3, 0.4) is 0 Å². The van der Waals surface area contributed by atoms with Crippen molar-refractivity contribution < 1.29 is 9.59 Å². The molecule has 1 N–H and O–H groups in total. The van der Waals surface area contributed by atoms with Gasteiger partial charge >= 0.3 is 0 Å². The van der Waals surface area contributed by atoms with Crippen LogP contribution in [-0.2, 0) is 6.54 Å². The number of amides is 2. The third kappa shape index (κ3) is 2.01. The van der Waals surface area contributed by atoms with Gasteiger partial charge in [0.15, 0.2) is 0 Å². The molecule has 0 radical (unpaired) electrons. The van der Waals surface area contributed by atoms with E-state index in [1.165, 1.54) is 0 Å². The summed E-state index contributed by atoms with van der Waals surface area (Å²) in [6, 6.07) is 5.54. The van der Waals surface area contributed by atoms with Crippen LogP contribution < -0.4 is 5.32 Å². The number of hydrogen-bond donors (Lipinski definition) is 1. The molecule has 0 spiro atoms. The maximum Gasteiger partial charge on any atom is 0.254 e. The van der Waals surface area contributed by atoms with Gasteiger partial charge in [-0.25, -0.2) is 0 Å². The first-order chi connectivity index (χ1) is 9.20. The highest BCUT2D eigenvalue weighted by Gasteiger charge is 2.31. The number of likely N-dealkylation sites (tertiary alicyclic amines) is 1. The SMILES string of the molecule is CCC1CCN(C(=O)c2cccc3c2C(=O)NC3)C1. The highest BCUT2D eigenvalue weighted by Crippen LogP contribution is 2.25. The third-order valence-corrected chi connectivity index (χ3v) is 4.20. The summed E-state index contributed by atoms with van der Waals surface area (Å²) in [5.74, 6) is 0.490. The van der Waals surface area contributed by atoms with E-state index in [0.717, 1.165) is 31.5 Å². The van der Waals surface area contributed by atoms with Gasteiger partial charge in [0.2, 0.25) is 0 Å². The minimum Gasteiger partial charge on any atom is -0.348 e. The minimum atomic E-state index is -0.120. The molecule has 1 aromatic carbocycles. The van der Waals surface area contributed by atoms with Crippen LogP contribution in [0.25, 0.3) is 0 Å². The summed E-state index contributed by atoms with van der Waals surface area (Å²) in [6.45, 7) is 4.32. The highest BCUT2D eigenvalue weighted by atomic mass is 16.2. The molecule has 0 saturated carbocycles. The molecule has 0 aromatic heterocycles. The zero-order chi connectivity index (χ0) is 13.4. The molecule has 0 aliphatic carbocycles. The van der Waals surface area contributed by atoms with E-state index in [2.05, 4.69) is 12.2 Å². The number of nitrogens with one attached hydrogen (secondary N) is 1. The van der Waals surface area contributed by atoms with Crippen molar-refractivity contribution in [2.75, 3.05) is 13.1 Å². The summed E-state index contributed by atoms with van der Waals surface area (Å²) in [4.78, 5) is 26.3. The Morgan fingerprint density at radius 1 is 1.47 bits per heavy atom. The van der Waals surface area contributed by atoms with E-state index >= 15 is 0 Å². The van der Waals surface area contributed by atoms with Crippen LogP contribution in [0.2, 0.25) is 0 Å². The molecule has 1 fully saturated rings. The normalized spacial score (nSPS) is 21.4. The van der Waals surface area contributed by atoms with Crippen LogP contribution in [0.4, 0.5) is 0 Å². The standard InChI is InChI=1S/C15H18N2O2/c1-2-10-6-7-17(9-10)15(19)12-5-3-4-11-8-16-14(18)13(11)12/h3-5,10H,2,6-9H2,1H3,(H,16,18). The lowest BCUT2D eigenvalue weighted by atomic mass is 10.0. The fraction of sp³-hybridized carbons (Fsp3) is 0.467. The molecule has 2 aliphatic rings. The van der Waals surface area contributed by atoms with Crippen molar-refractivity contribution >= 4 is 11.8 Å². The Bertz CT molecular complexity index is 539. The summed E-state index contributed by atoms with van der Waals surface area (Å²) >= 11 is 0. The van der Waals surface area contributed by atoms with Crippen LogP contribution >= 0.6 is 0 Å². The van der Waals surface area contributed by atoms with E-state index in [1.807, 2.05) is 17.0 Å². The van der Waals surface area contributed by atoms with Gasteiger partial charge in [-0.3, -0.25) is 9.59 Å². The Labute approximate surface area is 112 Å². The maximum atomic E-state index is 12.6. The van der Waals surface area contributed by atoms with Crippen molar-refractivity contribution in [1.29, 1.82) is 0 Å². The van der Waals surface area contributed by atoms with Crippen molar-refractivity contribution in [3.63, 3.8) is 0 Å². The second kappa shape index (κ2) is 4.68. The number of rotatable bonds is 2. The largest absolute Gasteiger partial charge is 0.348 e. The van der Waals surface area contributed by atoms with Gasteiger partial charge in [-0.2, -0.15) is 0 Å². The lowest BCUT2D eigenvalue weighted by molar-refractivity contribution is 0.0780. The number of fused-ring (bicyclic) bond motifs is 1. The van der Waals surface area contributed by atoms with Gasteiger partial charge < -0.3 is 10.2 Å². The van der Waals surface area contributed by atoms with Crippen LogP contribution in [0.15, 0.2) is 18.2 Å². The van der Waals surface area contributed by atoms with E-state index in [0.29, 0.717) is 23.6 Å². The highest BCUT2D eigenvalue weighted by molar-refractivity contribution is 6.09. The molecule has 1 unspecified atom stereocenters. The molecule has 2 amide bonds. The first kappa shape index (κ1) is 12.2. The molecule has 100 valence electrons. The quantitative estimate of drug-likeness (QED) is 0.879. The lowest BCUT2D eigenvalue weighted by Gasteiger charge is -2.17. The maximum absolute atomic E-state index is 12.6. The Morgan fingerprint density at radius 2 is 2.32 bits per heavy atom. The fourth-order valence-electron chi connectivity index (χ4n) is 2.98. The second-order valence-electron chi connectivity index (χ2n) is 5.34. The Kier molecular flexibility index (Phi) is 3.01. The number of carbonyl (C=O) groups is 2. The van der Waals surface area contributed by atoms with E-state index in [4.69, 9.17) is 0 Å². The van der Waals surface area contributed by atoms with Crippen molar-refractivity contribution in [3.8, 4) is 0 Å². The van der Waals surface area contributed by atoms with Crippen molar-refractivity contribution in [2.24, 2.45) is 5.92 Å². The monoisotopic (exact) mass is 258 g/mol. The van der Waals surface area contributed by atoms with Crippen LogP contribution in [0.5, 0.6) is 0 Å². The molecule has 4 nitrogen and oxygen atoms in total. The van der Waals surface area contributed by atoms with Crippen molar-refractivity contribution in [1.82, 2.24) is 10.2 Å². The van der Waals surface area contributed by atoms with Gasteiger partial charge in [0.05, 0.1) is 11.1 Å². The molecular weight excluding hydrogens is 240 g/mol. The van der Waals surface area contributed by atoms with E-state index in [9.17, 15) is 9.59 Å². The van der Waals surface area contributed by atoms with Gasteiger partial charge in [0.25, 0.3) is 11.8 Å². The molecule has 0 bridgehead atoms. The van der Waals surface area contributed by atoms with Crippen LogP contribution in [0, 0.1) is 5.92 Å². The summed E-state index contributed by atoms with van der Waals surface area (Å²) in [5.41, 5.74) is 2.07.